The van der Waals surface area contributed by atoms with Crippen LogP contribution in [-0.4, -0.2) is 13.4 Å². The van der Waals surface area contributed by atoms with Crippen molar-refractivity contribution in [3.8, 4) is 11.5 Å². The topological polar surface area (TPSA) is 18.5 Å². The van der Waals surface area contributed by atoms with E-state index in [2.05, 4.69) is 0 Å². The number of allylic oxidation sites excluding steroid dienone is 1. The molecule has 1 aromatic rings. The van der Waals surface area contributed by atoms with Gasteiger partial charge >= 0.3 is 7.12 Å². The fourth-order valence-electron chi connectivity index (χ4n) is 1.33. The number of para-hydroxylation sites is 2. The summed E-state index contributed by atoms with van der Waals surface area (Å²) in [6.07, 6.45) is 2.02. The van der Waals surface area contributed by atoms with Gasteiger partial charge in [0.05, 0.1) is 0 Å². The third kappa shape index (κ3) is 1.75. The van der Waals surface area contributed by atoms with E-state index >= 15 is 0 Å². The number of rotatable bonds is 2. The predicted octanol–water partition coefficient (Wildman–Crippen LogP) is 2.75. The van der Waals surface area contributed by atoms with Crippen LogP contribution in [0.5, 0.6) is 11.5 Å². The van der Waals surface area contributed by atoms with Gasteiger partial charge in [0.25, 0.3) is 0 Å². The van der Waals surface area contributed by atoms with Crippen molar-refractivity contribution in [1.82, 2.24) is 0 Å². The van der Waals surface area contributed by atoms with E-state index in [1.165, 1.54) is 0 Å². The molecule has 1 aromatic carbocycles. The zero-order chi connectivity index (χ0) is 9.97. The van der Waals surface area contributed by atoms with Crippen molar-refractivity contribution in [2.75, 3.05) is 6.26 Å². The second-order valence-corrected chi connectivity index (χ2v) is 3.82. The molecule has 0 amide bonds. The molecule has 0 saturated heterocycles. The van der Waals surface area contributed by atoms with E-state index in [-0.39, 0.29) is 7.12 Å². The molecule has 0 saturated carbocycles. The van der Waals surface area contributed by atoms with Crippen LogP contribution in [0.1, 0.15) is 6.92 Å². The molecule has 4 heteroatoms. The summed E-state index contributed by atoms with van der Waals surface area (Å²) < 4.78 is 11.2. The zero-order valence-electron chi connectivity index (χ0n) is 8.19. The second-order valence-electron chi connectivity index (χ2n) is 3.11. The summed E-state index contributed by atoms with van der Waals surface area (Å²) in [6.45, 7) is 2.01. The van der Waals surface area contributed by atoms with Gasteiger partial charge in [0.2, 0.25) is 0 Å². The molecule has 0 spiro atoms. The minimum absolute atomic E-state index is 0.250. The Morgan fingerprint density at radius 3 is 2.36 bits per heavy atom. The Balaban J connectivity index is 2.15. The average Bonchev–Trinajstić information content (AvgIpc) is 2.61. The fourth-order valence-corrected chi connectivity index (χ4v) is 1.81. The van der Waals surface area contributed by atoms with Gasteiger partial charge in [0.15, 0.2) is 0 Å². The molecule has 1 aliphatic heterocycles. The van der Waals surface area contributed by atoms with E-state index in [4.69, 9.17) is 9.31 Å². The van der Waals surface area contributed by atoms with Crippen LogP contribution in [0.25, 0.3) is 0 Å². The van der Waals surface area contributed by atoms with Crippen molar-refractivity contribution in [3.63, 3.8) is 0 Å². The molecule has 1 aliphatic rings. The Morgan fingerprint density at radius 1 is 1.29 bits per heavy atom. The van der Waals surface area contributed by atoms with Crippen LogP contribution < -0.4 is 9.31 Å². The first kappa shape index (κ1) is 9.53. The Bertz CT molecular complexity index is 340. The van der Waals surface area contributed by atoms with Gasteiger partial charge < -0.3 is 9.31 Å². The summed E-state index contributed by atoms with van der Waals surface area (Å²) in [6, 6.07) is 7.72. The van der Waals surface area contributed by atoms with Crippen LogP contribution in [0.3, 0.4) is 0 Å². The molecule has 0 fully saturated rings. The van der Waals surface area contributed by atoms with Crippen LogP contribution in [0.15, 0.2) is 35.1 Å². The van der Waals surface area contributed by atoms with E-state index in [1.807, 2.05) is 42.9 Å². The number of thioether (sulfide) groups is 1. The lowest BCUT2D eigenvalue weighted by molar-refractivity contribution is 0.511. The molecule has 0 unspecified atom stereocenters. The molecule has 0 bridgehead atoms. The number of fused-ring (bicyclic) bond motifs is 1. The highest BCUT2D eigenvalue weighted by atomic mass is 32.2. The minimum atomic E-state index is -0.250. The van der Waals surface area contributed by atoms with Crippen LogP contribution in [0, 0.1) is 0 Å². The van der Waals surface area contributed by atoms with Crippen LogP contribution in [0.2, 0.25) is 0 Å². The summed E-state index contributed by atoms with van der Waals surface area (Å²) in [5.41, 5.74) is 1.09. The van der Waals surface area contributed by atoms with E-state index in [0.29, 0.717) is 0 Å². The molecular formula is C10H11BO2S. The molecule has 2 nitrogen and oxygen atoms in total. The molecular weight excluding hydrogens is 195 g/mol. The smallest absolute Gasteiger partial charge is 0.519 e. The van der Waals surface area contributed by atoms with Gasteiger partial charge in [0.1, 0.15) is 11.5 Å². The predicted molar refractivity (Wildman–Crippen MR) is 60.7 cm³/mol. The molecule has 0 N–H and O–H groups in total. The van der Waals surface area contributed by atoms with Gasteiger partial charge in [-0.05, 0) is 36.2 Å². The maximum atomic E-state index is 5.62. The summed E-state index contributed by atoms with van der Waals surface area (Å²) in [4.78, 5) is 0. The van der Waals surface area contributed by atoms with E-state index in [9.17, 15) is 0 Å². The van der Waals surface area contributed by atoms with Gasteiger partial charge in [-0.1, -0.05) is 12.1 Å². The maximum absolute atomic E-state index is 5.62. The lowest BCUT2D eigenvalue weighted by Crippen LogP contribution is -2.26. The van der Waals surface area contributed by atoms with E-state index in [0.717, 1.165) is 17.0 Å². The van der Waals surface area contributed by atoms with Crippen molar-refractivity contribution in [3.05, 3.63) is 35.1 Å². The van der Waals surface area contributed by atoms with Crippen molar-refractivity contribution in [2.24, 2.45) is 0 Å². The molecule has 14 heavy (non-hydrogen) atoms. The third-order valence-electron chi connectivity index (χ3n) is 1.99. The quantitative estimate of drug-likeness (QED) is 0.693. The zero-order valence-corrected chi connectivity index (χ0v) is 9.01. The van der Waals surface area contributed by atoms with Gasteiger partial charge in [-0.25, -0.2) is 0 Å². The standard InChI is InChI=1S/C10H11BO2S/c1-8(7-14-2)11-12-9-5-3-4-6-10(9)13-11/h3-7H,1-2H3/b8-7+. The van der Waals surface area contributed by atoms with Gasteiger partial charge in [-0.15, -0.1) is 11.8 Å². The van der Waals surface area contributed by atoms with E-state index < -0.39 is 0 Å². The highest BCUT2D eigenvalue weighted by Crippen LogP contribution is 2.34. The van der Waals surface area contributed by atoms with Crippen molar-refractivity contribution in [2.45, 2.75) is 6.92 Å². The largest absolute Gasteiger partial charge is 0.628 e. The molecule has 0 aromatic heterocycles. The first-order valence-electron chi connectivity index (χ1n) is 4.43. The second kappa shape index (κ2) is 4.01. The fraction of sp³-hybridized carbons (Fsp3) is 0.200. The van der Waals surface area contributed by atoms with Gasteiger partial charge in [0, 0.05) is 0 Å². The normalized spacial score (nSPS) is 14.7. The van der Waals surface area contributed by atoms with Gasteiger partial charge in [-0.2, -0.15) is 0 Å². The van der Waals surface area contributed by atoms with Crippen LogP contribution in [-0.2, 0) is 0 Å². The monoisotopic (exact) mass is 206 g/mol. The molecule has 2 rings (SSSR count). The number of hydrogen-bond donors (Lipinski definition) is 0. The Kier molecular flexibility index (Phi) is 2.73. The Hall–Kier alpha value is -1.03. The summed E-state index contributed by atoms with van der Waals surface area (Å²) in [5, 5.41) is 2.04. The Labute approximate surface area is 88.4 Å². The van der Waals surface area contributed by atoms with Crippen LogP contribution in [0.4, 0.5) is 0 Å². The number of benzene rings is 1. The SMILES string of the molecule is CS/C=C(\C)B1Oc2ccccc2O1. The first-order chi connectivity index (χ1) is 6.81. The van der Waals surface area contributed by atoms with E-state index in [1.54, 1.807) is 11.8 Å². The summed E-state index contributed by atoms with van der Waals surface area (Å²) >= 11 is 1.65. The first-order valence-corrected chi connectivity index (χ1v) is 5.72. The highest BCUT2D eigenvalue weighted by molar-refractivity contribution is 8.01. The molecule has 72 valence electrons. The molecule has 0 aliphatic carbocycles. The van der Waals surface area contributed by atoms with Crippen LogP contribution >= 0.6 is 11.8 Å². The van der Waals surface area contributed by atoms with Crippen molar-refractivity contribution >= 4 is 18.9 Å². The average molecular weight is 206 g/mol. The summed E-state index contributed by atoms with van der Waals surface area (Å²) in [5.74, 6) is 1.65. The lowest BCUT2D eigenvalue weighted by Gasteiger charge is -2.03. The van der Waals surface area contributed by atoms with Crippen molar-refractivity contribution < 1.29 is 9.31 Å². The Morgan fingerprint density at radius 2 is 1.86 bits per heavy atom. The maximum Gasteiger partial charge on any atom is 0.628 e. The van der Waals surface area contributed by atoms with Crippen molar-refractivity contribution in [1.29, 1.82) is 0 Å². The highest BCUT2D eigenvalue weighted by Gasteiger charge is 2.33. The van der Waals surface area contributed by atoms with Gasteiger partial charge in [-0.3, -0.25) is 0 Å². The third-order valence-corrected chi connectivity index (χ3v) is 2.60. The minimum Gasteiger partial charge on any atom is -0.519 e. The molecule has 0 radical (unpaired) electrons. The summed E-state index contributed by atoms with van der Waals surface area (Å²) in [7, 11) is -0.250. The number of hydrogen-bond acceptors (Lipinski definition) is 3. The molecule has 1 heterocycles. The lowest BCUT2D eigenvalue weighted by atomic mass is 9.81. The molecule has 0 atom stereocenters.